The second kappa shape index (κ2) is 19.9. The molecule has 3 N–H and O–H groups in total. The predicted octanol–water partition coefficient (Wildman–Crippen LogP) is 17.0. The zero-order valence-corrected chi connectivity index (χ0v) is 46.1. The highest BCUT2D eigenvalue weighted by Crippen LogP contribution is 2.64. The van der Waals surface area contributed by atoms with E-state index in [9.17, 15) is 0 Å². The van der Waals surface area contributed by atoms with Crippen LogP contribution in [0, 0.1) is 0 Å². The lowest BCUT2D eigenvalue weighted by Gasteiger charge is -2.35. The highest BCUT2D eigenvalue weighted by Gasteiger charge is 2.51. The molecule has 0 radical (unpaired) electrons. The molecule has 4 aliphatic rings. The molecule has 0 amide bonds. The van der Waals surface area contributed by atoms with Crippen molar-refractivity contribution in [2.75, 3.05) is 4.90 Å². The van der Waals surface area contributed by atoms with Crippen LogP contribution < -0.4 is 20.9 Å². The third-order valence-electron chi connectivity index (χ3n) is 17.5. The monoisotopic (exact) mass is 1090 g/mol. The average molecular weight is 1100 g/mol. The van der Waals surface area contributed by atoms with Gasteiger partial charge in [0.25, 0.3) is 0 Å². The zero-order chi connectivity index (χ0) is 56.0. The quantitative estimate of drug-likeness (QED) is 0.134. The van der Waals surface area contributed by atoms with Gasteiger partial charge in [-0.1, -0.05) is 237 Å². The van der Waals surface area contributed by atoms with E-state index in [1.54, 1.807) is 0 Å². The first kappa shape index (κ1) is 48.8. The minimum Gasteiger partial charge on any atom is -0.456 e. The topological polar surface area (TPSA) is 94.5 Å². The van der Waals surface area contributed by atoms with E-state index >= 15 is 0 Å². The Balaban J connectivity index is 0.920. The number of nitrogens with one attached hydrogen (secondary N) is 3. The van der Waals surface area contributed by atoms with E-state index < -0.39 is 12.3 Å². The molecule has 2 aromatic heterocycles. The van der Waals surface area contributed by atoms with Crippen LogP contribution in [0.15, 0.2) is 298 Å². The molecule has 5 heterocycles. The number of fused-ring (bicyclic) bond motifs is 13. The van der Waals surface area contributed by atoms with Gasteiger partial charge < -0.3 is 24.5 Å². The van der Waals surface area contributed by atoms with Crippen LogP contribution in [0.5, 0.6) is 0 Å². The van der Waals surface area contributed by atoms with E-state index in [2.05, 4.69) is 292 Å². The number of nitrogens with zero attached hydrogens (tertiary/aromatic N) is 5. The number of hydrogen-bond acceptors (Lipinski definition) is 8. The molecular weight excluding hydrogens is 1040 g/mol. The standard InChI is InChI=1S/C76H54N8O/c1-5-21-47(22-6-1)49-37-39-53(40-38-49)74-78-73(52-28-11-4-12-29-52)81-76(82-74)60-46-55(75-79-71(50-24-7-2-8-25-50)77-72(80-75)51-26-9-3-10-27-51)42-44-63(60)84-62-35-19-16-32-58(62)66-69(84)65-57-31-15-18-34-61(57)83(56-43-41-48-23-13-14-30-54(48)45-56)68(65)67-59-33-17-20-36-64(59)85-70(66)67/h1-46,65,68,71,74-75,79H,(H,77,80)(H,78,81,82). The Bertz CT molecular complexity index is 4840. The van der Waals surface area contributed by atoms with Gasteiger partial charge in [0.2, 0.25) is 0 Å². The van der Waals surface area contributed by atoms with Crippen molar-refractivity contribution in [3.8, 4) is 28.1 Å². The van der Waals surface area contributed by atoms with Crippen molar-refractivity contribution in [1.82, 2.24) is 20.5 Å². The molecule has 0 bridgehead atoms. The normalized spacial score (nSPS) is 18.6. The van der Waals surface area contributed by atoms with Crippen LogP contribution in [0.1, 0.15) is 80.7 Å². The predicted molar refractivity (Wildman–Crippen MR) is 344 cm³/mol. The van der Waals surface area contributed by atoms with Crippen molar-refractivity contribution in [3.05, 3.63) is 329 Å². The molecule has 3 aliphatic heterocycles. The van der Waals surface area contributed by atoms with Crippen LogP contribution in [0.3, 0.4) is 0 Å². The molecule has 0 fully saturated rings. The number of amidine groups is 3. The second-order valence-electron chi connectivity index (χ2n) is 22.3. The van der Waals surface area contributed by atoms with Crippen LogP contribution in [-0.4, -0.2) is 22.1 Å². The summed E-state index contributed by atoms with van der Waals surface area (Å²) in [5.74, 6) is 2.88. The highest BCUT2D eigenvalue weighted by molar-refractivity contribution is 6.15. The molecule has 5 atom stereocenters. The van der Waals surface area contributed by atoms with Crippen LogP contribution in [-0.2, 0) is 0 Å². The van der Waals surface area contributed by atoms with Gasteiger partial charge in [-0.3, -0.25) is 5.32 Å². The van der Waals surface area contributed by atoms with Crippen molar-refractivity contribution in [2.24, 2.45) is 15.0 Å². The molecule has 9 nitrogen and oxygen atoms in total. The van der Waals surface area contributed by atoms with Crippen molar-refractivity contribution in [1.29, 1.82) is 0 Å². The summed E-state index contributed by atoms with van der Waals surface area (Å²) >= 11 is 0. The summed E-state index contributed by atoms with van der Waals surface area (Å²) in [5, 5.41) is 16.3. The molecular formula is C76H54N8O. The fourth-order valence-corrected chi connectivity index (χ4v) is 13.6. The van der Waals surface area contributed by atoms with Gasteiger partial charge in [-0.15, -0.1) is 0 Å². The second-order valence-corrected chi connectivity index (χ2v) is 22.3. The van der Waals surface area contributed by atoms with Crippen molar-refractivity contribution < 1.29 is 4.42 Å². The first-order valence-electron chi connectivity index (χ1n) is 29.2. The minimum atomic E-state index is -0.485. The lowest BCUT2D eigenvalue weighted by atomic mass is 9.78. The zero-order valence-electron chi connectivity index (χ0n) is 46.1. The summed E-state index contributed by atoms with van der Waals surface area (Å²) in [4.78, 5) is 19.2. The third-order valence-corrected chi connectivity index (χ3v) is 17.5. The number of hydrogen-bond donors (Lipinski definition) is 3. The van der Waals surface area contributed by atoms with Gasteiger partial charge in [0.1, 0.15) is 41.5 Å². The smallest absolute Gasteiger partial charge is 0.159 e. The lowest BCUT2D eigenvalue weighted by molar-refractivity contribution is 0.409. The van der Waals surface area contributed by atoms with E-state index in [0.29, 0.717) is 11.7 Å². The molecule has 9 heteroatoms. The number of rotatable bonds is 9. The molecule has 85 heavy (non-hydrogen) atoms. The summed E-state index contributed by atoms with van der Waals surface area (Å²) in [7, 11) is 0. The van der Waals surface area contributed by atoms with Gasteiger partial charge in [-0.25, -0.2) is 15.0 Å². The third kappa shape index (κ3) is 8.15. The fourth-order valence-electron chi connectivity index (χ4n) is 13.6. The Kier molecular flexibility index (Phi) is 11.4. The number of aliphatic imine (C=N–C) groups is 3. The Morgan fingerprint density at radius 1 is 0.435 bits per heavy atom. The molecule has 0 spiro atoms. The Morgan fingerprint density at radius 2 is 1.08 bits per heavy atom. The van der Waals surface area contributed by atoms with E-state index in [4.69, 9.17) is 19.4 Å². The van der Waals surface area contributed by atoms with Gasteiger partial charge >= 0.3 is 0 Å². The van der Waals surface area contributed by atoms with Gasteiger partial charge in [0.05, 0.1) is 23.2 Å². The molecule has 17 rings (SSSR count). The van der Waals surface area contributed by atoms with Crippen LogP contribution >= 0.6 is 0 Å². The molecule has 11 aromatic carbocycles. The Labute approximate surface area is 491 Å². The van der Waals surface area contributed by atoms with Crippen LogP contribution in [0.4, 0.5) is 11.4 Å². The van der Waals surface area contributed by atoms with Crippen LogP contribution in [0.25, 0.3) is 60.8 Å². The molecule has 5 unspecified atom stereocenters. The Morgan fingerprint density at radius 3 is 1.88 bits per heavy atom. The minimum absolute atomic E-state index is 0.152. The first-order chi connectivity index (χ1) is 42.1. The maximum Gasteiger partial charge on any atom is 0.159 e. The SMILES string of the molecule is c1ccc(C2=NC(c3ccc(-c4ccccc4)cc3)NC(c3cc(C4N=C(c5ccccc5)NC(c5ccccc5)N4)ccc3-n3c4c(c5ccccc53)-c3oc5ccccc5c3C3C4c4ccccc4N3c3ccc4ccccc4c3)=N2)cc1. The average Bonchev–Trinajstić information content (AvgIpc) is 1.73. The van der Waals surface area contributed by atoms with Gasteiger partial charge in [0, 0.05) is 55.7 Å². The number of anilines is 2. The van der Waals surface area contributed by atoms with Gasteiger partial charge in [-0.05, 0) is 86.6 Å². The summed E-state index contributed by atoms with van der Waals surface area (Å²) in [6.45, 7) is 0. The van der Waals surface area contributed by atoms with Crippen LogP contribution in [0.2, 0.25) is 0 Å². The van der Waals surface area contributed by atoms with E-state index in [0.717, 1.165) is 101 Å². The number of furan rings is 1. The largest absolute Gasteiger partial charge is 0.456 e. The van der Waals surface area contributed by atoms with Crippen molar-refractivity contribution in [3.63, 3.8) is 0 Å². The highest BCUT2D eigenvalue weighted by atomic mass is 16.3. The summed E-state index contributed by atoms with van der Waals surface area (Å²) < 4.78 is 9.84. The number of aromatic nitrogens is 1. The van der Waals surface area contributed by atoms with Crippen molar-refractivity contribution >= 4 is 61.5 Å². The van der Waals surface area contributed by atoms with Gasteiger partial charge in [-0.2, -0.15) is 0 Å². The molecule has 1 aliphatic carbocycles. The maximum absolute atomic E-state index is 7.32. The Hall–Kier alpha value is -10.9. The van der Waals surface area contributed by atoms with Crippen molar-refractivity contribution in [2.45, 2.75) is 30.5 Å². The fraction of sp³-hybridized carbons (Fsp3) is 0.0658. The lowest BCUT2D eigenvalue weighted by Crippen LogP contribution is -2.45. The van der Waals surface area contributed by atoms with E-state index in [1.165, 1.54) is 27.6 Å². The summed E-state index contributed by atoms with van der Waals surface area (Å²) in [6.07, 6.45) is -1.19. The van der Waals surface area contributed by atoms with E-state index in [-0.39, 0.29) is 18.1 Å². The molecule has 13 aromatic rings. The summed E-state index contributed by atoms with van der Waals surface area (Å²) in [5.41, 5.74) is 18.1. The number of para-hydroxylation sites is 3. The molecule has 0 saturated heterocycles. The summed E-state index contributed by atoms with van der Waals surface area (Å²) in [6, 6.07) is 99.3. The molecule has 404 valence electrons. The first-order valence-corrected chi connectivity index (χ1v) is 29.2. The maximum atomic E-state index is 7.32. The van der Waals surface area contributed by atoms with Gasteiger partial charge in [0.15, 0.2) is 5.84 Å². The number of benzene rings is 11. The molecule has 0 saturated carbocycles. The van der Waals surface area contributed by atoms with E-state index in [1.807, 2.05) is 12.1 Å².